The van der Waals surface area contributed by atoms with E-state index in [-0.39, 0.29) is 5.41 Å². The van der Waals surface area contributed by atoms with E-state index in [1.807, 2.05) is 12.1 Å². The lowest BCUT2D eigenvalue weighted by Crippen LogP contribution is -2.20. The van der Waals surface area contributed by atoms with Gasteiger partial charge in [0.25, 0.3) is 0 Å². The van der Waals surface area contributed by atoms with E-state index < -0.39 is 0 Å². The molecule has 0 radical (unpaired) electrons. The second-order valence-corrected chi connectivity index (χ2v) is 8.54. The van der Waals surface area contributed by atoms with Crippen LogP contribution in [0, 0.1) is 0 Å². The molecular weight excluding hydrogens is 310 g/mol. The molecule has 0 aliphatic carbocycles. The summed E-state index contributed by atoms with van der Waals surface area (Å²) in [6.07, 6.45) is 0. The van der Waals surface area contributed by atoms with Crippen molar-refractivity contribution in [2.45, 2.75) is 32.7 Å². The average molecular weight is 334 g/mol. The van der Waals surface area contributed by atoms with Crippen molar-refractivity contribution in [2.75, 3.05) is 13.6 Å². The second kappa shape index (κ2) is 6.99. The molecule has 1 heterocycles. The number of halogens is 1. The van der Waals surface area contributed by atoms with Crippen molar-refractivity contribution in [3.05, 3.63) is 63.3 Å². The van der Waals surface area contributed by atoms with Gasteiger partial charge in [-0.1, -0.05) is 63.2 Å². The minimum atomic E-state index is 0.206. The van der Waals surface area contributed by atoms with Crippen LogP contribution >= 0.6 is 22.9 Å². The van der Waals surface area contributed by atoms with Crippen molar-refractivity contribution < 1.29 is 0 Å². The van der Waals surface area contributed by atoms with Gasteiger partial charge >= 0.3 is 0 Å². The maximum absolute atomic E-state index is 5.99. The van der Waals surface area contributed by atoms with E-state index in [0.29, 0.717) is 0 Å². The summed E-state index contributed by atoms with van der Waals surface area (Å²) >= 11 is 7.57. The summed E-state index contributed by atoms with van der Waals surface area (Å²) < 4.78 is 0.816. The first-order valence-electron chi connectivity index (χ1n) is 7.47. The molecule has 0 bridgehead atoms. The van der Waals surface area contributed by atoms with Gasteiger partial charge in [0.2, 0.25) is 0 Å². The molecular formula is C19H24ClNS. The standard InChI is InChI=1S/C19H24ClNS/c1-14(17-10-11-18(20)22-17)12-21(5)13-15-6-8-16(9-7-15)19(2,3)4/h6-11H,1,12-13H2,2-5H3. The van der Waals surface area contributed by atoms with Gasteiger partial charge in [0, 0.05) is 18.0 Å². The molecule has 22 heavy (non-hydrogen) atoms. The molecule has 0 saturated heterocycles. The van der Waals surface area contributed by atoms with Crippen LogP contribution in [-0.2, 0) is 12.0 Å². The van der Waals surface area contributed by atoms with Crippen LogP contribution in [0.1, 0.15) is 36.8 Å². The lowest BCUT2D eigenvalue weighted by Gasteiger charge is -2.21. The zero-order chi connectivity index (χ0) is 16.3. The quantitative estimate of drug-likeness (QED) is 0.664. The molecule has 0 saturated carbocycles. The van der Waals surface area contributed by atoms with Crippen LogP contribution < -0.4 is 0 Å². The molecule has 2 aromatic rings. The molecule has 0 unspecified atom stereocenters. The zero-order valence-corrected chi connectivity index (χ0v) is 15.4. The van der Waals surface area contributed by atoms with E-state index in [1.165, 1.54) is 16.0 Å². The summed E-state index contributed by atoms with van der Waals surface area (Å²) in [5.74, 6) is 0. The number of likely N-dealkylation sites (N-methyl/N-ethyl adjacent to an activating group) is 1. The van der Waals surface area contributed by atoms with E-state index in [0.717, 1.165) is 23.0 Å². The van der Waals surface area contributed by atoms with Gasteiger partial charge in [0.05, 0.1) is 4.34 Å². The van der Waals surface area contributed by atoms with E-state index in [1.54, 1.807) is 11.3 Å². The SMILES string of the molecule is C=C(CN(C)Cc1ccc(C(C)(C)C)cc1)c1ccc(Cl)s1. The minimum absolute atomic E-state index is 0.206. The Morgan fingerprint density at radius 2 is 1.77 bits per heavy atom. The molecule has 0 atom stereocenters. The van der Waals surface area contributed by atoms with Crippen LogP contribution in [0.5, 0.6) is 0 Å². The first-order chi connectivity index (χ1) is 10.3. The van der Waals surface area contributed by atoms with E-state index in [9.17, 15) is 0 Å². The molecule has 0 spiro atoms. The van der Waals surface area contributed by atoms with Gasteiger partial charge in [-0.15, -0.1) is 11.3 Å². The first kappa shape index (κ1) is 17.3. The third-order valence-electron chi connectivity index (χ3n) is 3.65. The molecule has 2 rings (SSSR count). The predicted molar refractivity (Wildman–Crippen MR) is 99.8 cm³/mol. The van der Waals surface area contributed by atoms with Gasteiger partial charge in [0.15, 0.2) is 0 Å². The van der Waals surface area contributed by atoms with Crippen LogP contribution in [0.25, 0.3) is 5.57 Å². The van der Waals surface area contributed by atoms with Crippen molar-refractivity contribution >= 4 is 28.5 Å². The summed E-state index contributed by atoms with van der Waals surface area (Å²) in [6.45, 7) is 12.7. The van der Waals surface area contributed by atoms with Crippen molar-refractivity contribution in [3.8, 4) is 0 Å². The molecule has 0 aliphatic heterocycles. The number of rotatable bonds is 5. The Labute approximate surface area is 143 Å². The van der Waals surface area contributed by atoms with Crippen LogP contribution in [0.4, 0.5) is 0 Å². The van der Waals surface area contributed by atoms with Gasteiger partial charge in [-0.25, -0.2) is 0 Å². The summed E-state index contributed by atoms with van der Waals surface area (Å²) in [5, 5.41) is 0. The van der Waals surface area contributed by atoms with Crippen LogP contribution in [0.2, 0.25) is 4.34 Å². The highest BCUT2D eigenvalue weighted by Gasteiger charge is 2.13. The first-order valence-corrected chi connectivity index (χ1v) is 8.66. The van der Waals surface area contributed by atoms with Crippen LogP contribution in [-0.4, -0.2) is 18.5 Å². The summed E-state index contributed by atoms with van der Waals surface area (Å²) in [6, 6.07) is 12.9. The predicted octanol–water partition coefficient (Wildman–Crippen LogP) is 5.84. The fourth-order valence-electron chi connectivity index (χ4n) is 2.39. The van der Waals surface area contributed by atoms with E-state index >= 15 is 0 Å². The Balaban J connectivity index is 1.94. The van der Waals surface area contributed by atoms with Gasteiger partial charge in [-0.05, 0) is 41.3 Å². The van der Waals surface area contributed by atoms with Crippen LogP contribution in [0.3, 0.4) is 0 Å². The van der Waals surface area contributed by atoms with Gasteiger partial charge in [0.1, 0.15) is 0 Å². The number of nitrogens with zero attached hydrogens (tertiary/aromatic N) is 1. The normalized spacial score (nSPS) is 11.9. The molecule has 0 N–H and O–H groups in total. The number of hydrogen-bond donors (Lipinski definition) is 0. The van der Waals surface area contributed by atoms with E-state index in [4.69, 9.17) is 11.6 Å². The molecule has 3 heteroatoms. The number of hydrogen-bond acceptors (Lipinski definition) is 2. The monoisotopic (exact) mass is 333 g/mol. The van der Waals surface area contributed by atoms with Crippen molar-refractivity contribution in [1.82, 2.24) is 4.90 Å². The lowest BCUT2D eigenvalue weighted by molar-refractivity contribution is 0.369. The molecule has 1 nitrogen and oxygen atoms in total. The summed E-state index contributed by atoms with van der Waals surface area (Å²) in [7, 11) is 2.12. The largest absolute Gasteiger partial charge is 0.298 e. The maximum atomic E-state index is 5.99. The topological polar surface area (TPSA) is 3.24 Å². The van der Waals surface area contributed by atoms with Gasteiger partial charge in [-0.2, -0.15) is 0 Å². The van der Waals surface area contributed by atoms with Gasteiger partial charge < -0.3 is 0 Å². The fourth-order valence-corrected chi connectivity index (χ4v) is 3.39. The molecule has 118 valence electrons. The Kier molecular flexibility index (Phi) is 5.49. The molecule has 0 amide bonds. The Morgan fingerprint density at radius 3 is 2.27 bits per heavy atom. The lowest BCUT2D eigenvalue weighted by atomic mass is 9.87. The average Bonchev–Trinajstić information content (AvgIpc) is 2.85. The smallest absolute Gasteiger partial charge is 0.0934 e. The highest BCUT2D eigenvalue weighted by atomic mass is 35.5. The summed E-state index contributed by atoms with van der Waals surface area (Å²) in [4.78, 5) is 3.45. The van der Waals surface area contributed by atoms with Crippen molar-refractivity contribution in [2.24, 2.45) is 0 Å². The number of thiophene rings is 1. The Morgan fingerprint density at radius 1 is 1.14 bits per heavy atom. The second-order valence-electron chi connectivity index (χ2n) is 6.83. The van der Waals surface area contributed by atoms with Gasteiger partial charge in [-0.3, -0.25) is 4.90 Å². The fraction of sp³-hybridized carbons (Fsp3) is 0.368. The molecule has 1 aromatic carbocycles. The molecule has 0 aliphatic rings. The zero-order valence-electron chi connectivity index (χ0n) is 13.8. The minimum Gasteiger partial charge on any atom is -0.298 e. The maximum Gasteiger partial charge on any atom is 0.0934 e. The third kappa shape index (κ3) is 4.70. The number of benzene rings is 1. The highest BCUT2D eigenvalue weighted by molar-refractivity contribution is 7.17. The van der Waals surface area contributed by atoms with Crippen molar-refractivity contribution in [1.29, 1.82) is 0 Å². The van der Waals surface area contributed by atoms with E-state index in [2.05, 4.69) is 63.6 Å². The Hall–Kier alpha value is -1.09. The van der Waals surface area contributed by atoms with Crippen LogP contribution in [0.15, 0.2) is 43.0 Å². The van der Waals surface area contributed by atoms with Crippen molar-refractivity contribution in [3.63, 3.8) is 0 Å². The summed E-state index contributed by atoms with van der Waals surface area (Å²) in [5.41, 5.74) is 4.02. The molecule has 1 aromatic heterocycles. The third-order valence-corrected chi connectivity index (χ3v) is 4.99. The molecule has 0 fully saturated rings. The Bertz CT molecular complexity index is 634. The highest BCUT2D eigenvalue weighted by Crippen LogP contribution is 2.27.